The lowest BCUT2D eigenvalue weighted by molar-refractivity contribution is -0.116. The molecule has 0 saturated carbocycles. The Bertz CT molecular complexity index is 1350. The van der Waals surface area contributed by atoms with Crippen LogP contribution in [-0.2, 0) is 4.79 Å². The van der Waals surface area contributed by atoms with Crippen molar-refractivity contribution >= 4 is 34.2 Å². The van der Waals surface area contributed by atoms with E-state index in [4.69, 9.17) is 21.3 Å². The van der Waals surface area contributed by atoms with E-state index in [2.05, 4.69) is 23.4 Å². The summed E-state index contributed by atoms with van der Waals surface area (Å²) in [6.07, 6.45) is 0.922. The number of aromatic nitrogens is 3. The fourth-order valence-electron chi connectivity index (χ4n) is 4.03. The van der Waals surface area contributed by atoms with Crippen LogP contribution in [0.2, 0.25) is 5.02 Å². The highest BCUT2D eigenvalue weighted by molar-refractivity contribution is 6.32. The Morgan fingerprint density at radius 3 is 2.47 bits per heavy atom. The lowest BCUT2D eigenvalue weighted by atomic mass is 10.1. The zero-order valence-electron chi connectivity index (χ0n) is 20.2. The topological polar surface area (TPSA) is 69.0 Å². The Morgan fingerprint density at radius 1 is 1.00 bits per heavy atom. The predicted molar refractivity (Wildman–Crippen MR) is 137 cm³/mol. The van der Waals surface area contributed by atoms with Crippen LogP contribution in [0.3, 0.4) is 0 Å². The van der Waals surface area contributed by atoms with Gasteiger partial charge in [-0.25, -0.2) is 4.98 Å². The van der Waals surface area contributed by atoms with E-state index in [1.807, 2.05) is 64.1 Å². The summed E-state index contributed by atoms with van der Waals surface area (Å²) in [5.74, 6) is 1.95. The van der Waals surface area contributed by atoms with E-state index in [-0.39, 0.29) is 5.91 Å². The molecule has 2 aromatic carbocycles. The molecule has 4 rings (SSSR count). The molecule has 4 aromatic rings. The number of para-hydroxylation sites is 1. The molecule has 7 heteroatoms. The number of carbonyl (C=O) groups excluding carboxylic acids is 1. The van der Waals surface area contributed by atoms with E-state index < -0.39 is 0 Å². The number of nitrogens with zero attached hydrogens (tertiary/aromatic N) is 3. The molecule has 2 heterocycles. The molecular formula is C27H29ClN4O2. The second kappa shape index (κ2) is 9.85. The number of hydrogen-bond donors (Lipinski definition) is 1. The number of carbonyl (C=O) groups is 1. The molecule has 0 aliphatic carbocycles. The Balaban J connectivity index is 1.43. The molecule has 0 spiro atoms. The van der Waals surface area contributed by atoms with Gasteiger partial charge in [-0.2, -0.15) is 9.78 Å². The molecule has 0 fully saturated rings. The molecule has 0 unspecified atom stereocenters. The van der Waals surface area contributed by atoms with Gasteiger partial charge in [-0.15, -0.1) is 0 Å². The standard InChI is InChI=1S/C27H29ClN4O2/c1-16-8-6-9-22-17(2)14-23(30-27(16)22)32-24(15-20(5)31-32)29-25(33)10-7-11-34-21-12-18(3)26(28)19(4)13-21/h6,8-9,12-15H,7,10-11H2,1-5H3,(H,29,33). The number of benzene rings is 2. The van der Waals surface area contributed by atoms with Crippen LogP contribution in [0.1, 0.15) is 40.8 Å². The molecule has 0 bridgehead atoms. The first-order valence-corrected chi connectivity index (χ1v) is 11.7. The molecule has 0 radical (unpaired) electrons. The normalized spacial score (nSPS) is 11.1. The number of aryl methyl sites for hydroxylation is 5. The van der Waals surface area contributed by atoms with Crippen molar-refractivity contribution in [1.82, 2.24) is 14.8 Å². The highest BCUT2D eigenvalue weighted by Crippen LogP contribution is 2.26. The van der Waals surface area contributed by atoms with E-state index in [0.717, 1.165) is 49.6 Å². The lowest BCUT2D eigenvalue weighted by Crippen LogP contribution is -2.16. The molecular weight excluding hydrogens is 448 g/mol. The third-order valence-electron chi connectivity index (χ3n) is 5.78. The van der Waals surface area contributed by atoms with Gasteiger partial charge >= 0.3 is 0 Å². The second-order valence-electron chi connectivity index (χ2n) is 8.72. The number of pyridine rings is 1. The summed E-state index contributed by atoms with van der Waals surface area (Å²) >= 11 is 6.21. The van der Waals surface area contributed by atoms with Crippen molar-refractivity contribution < 1.29 is 9.53 Å². The minimum atomic E-state index is -0.0955. The summed E-state index contributed by atoms with van der Waals surface area (Å²) in [6.45, 7) is 10.4. The van der Waals surface area contributed by atoms with Crippen LogP contribution >= 0.6 is 11.6 Å². The van der Waals surface area contributed by atoms with Gasteiger partial charge in [0, 0.05) is 22.9 Å². The molecule has 2 aromatic heterocycles. The number of nitrogens with one attached hydrogen (secondary N) is 1. The van der Waals surface area contributed by atoms with Gasteiger partial charge in [0.2, 0.25) is 5.91 Å². The zero-order valence-corrected chi connectivity index (χ0v) is 21.0. The molecule has 6 nitrogen and oxygen atoms in total. The van der Waals surface area contributed by atoms with Crippen molar-refractivity contribution in [1.29, 1.82) is 0 Å². The molecule has 1 N–H and O–H groups in total. The van der Waals surface area contributed by atoms with Gasteiger partial charge in [-0.3, -0.25) is 4.79 Å². The van der Waals surface area contributed by atoms with Gasteiger partial charge in [-0.1, -0.05) is 29.8 Å². The van der Waals surface area contributed by atoms with Crippen molar-refractivity contribution in [3.8, 4) is 11.6 Å². The van der Waals surface area contributed by atoms with Crippen LogP contribution in [0.25, 0.3) is 16.7 Å². The Hall–Kier alpha value is -3.38. The van der Waals surface area contributed by atoms with E-state index in [9.17, 15) is 4.79 Å². The molecule has 0 aliphatic heterocycles. The van der Waals surface area contributed by atoms with Crippen molar-refractivity contribution in [3.05, 3.63) is 75.4 Å². The molecule has 1 amide bonds. The van der Waals surface area contributed by atoms with Crippen LogP contribution in [0.5, 0.6) is 5.75 Å². The highest BCUT2D eigenvalue weighted by atomic mass is 35.5. The van der Waals surface area contributed by atoms with Crippen molar-refractivity contribution in [2.45, 2.75) is 47.5 Å². The minimum absolute atomic E-state index is 0.0955. The van der Waals surface area contributed by atoms with Crippen LogP contribution in [-0.4, -0.2) is 27.3 Å². The van der Waals surface area contributed by atoms with Gasteiger partial charge in [0.05, 0.1) is 17.8 Å². The van der Waals surface area contributed by atoms with Crippen LogP contribution in [0, 0.1) is 34.6 Å². The number of ether oxygens (including phenoxy) is 1. The fourth-order valence-corrected chi connectivity index (χ4v) is 4.14. The van der Waals surface area contributed by atoms with Crippen molar-refractivity contribution in [2.75, 3.05) is 11.9 Å². The van der Waals surface area contributed by atoms with Gasteiger partial charge in [-0.05, 0) is 81.5 Å². The Morgan fingerprint density at radius 2 is 1.74 bits per heavy atom. The maximum atomic E-state index is 12.7. The molecule has 34 heavy (non-hydrogen) atoms. The number of fused-ring (bicyclic) bond motifs is 1. The second-order valence-corrected chi connectivity index (χ2v) is 9.10. The van der Waals surface area contributed by atoms with E-state index in [0.29, 0.717) is 31.1 Å². The number of amides is 1. The number of halogens is 1. The molecule has 176 valence electrons. The number of hydrogen-bond acceptors (Lipinski definition) is 4. The number of rotatable bonds is 7. The van der Waals surface area contributed by atoms with Crippen molar-refractivity contribution in [3.63, 3.8) is 0 Å². The Kier molecular flexibility index (Phi) is 6.89. The summed E-state index contributed by atoms with van der Waals surface area (Å²) in [4.78, 5) is 17.5. The largest absolute Gasteiger partial charge is 0.494 e. The summed E-state index contributed by atoms with van der Waals surface area (Å²) in [7, 11) is 0. The molecule has 0 aliphatic rings. The quantitative estimate of drug-likeness (QED) is 0.313. The van der Waals surface area contributed by atoms with Gasteiger partial charge in [0.25, 0.3) is 0 Å². The van der Waals surface area contributed by atoms with Gasteiger partial charge < -0.3 is 10.1 Å². The third kappa shape index (κ3) is 5.07. The maximum Gasteiger partial charge on any atom is 0.225 e. The molecule has 0 saturated heterocycles. The summed E-state index contributed by atoms with van der Waals surface area (Å²) in [6, 6.07) is 13.8. The summed E-state index contributed by atoms with van der Waals surface area (Å²) in [5, 5.41) is 9.43. The van der Waals surface area contributed by atoms with Gasteiger partial charge in [0.15, 0.2) is 5.82 Å². The monoisotopic (exact) mass is 476 g/mol. The number of anilines is 1. The Labute approximate surface area is 204 Å². The third-order valence-corrected chi connectivity index (χ3v) is 6.37. The fraction of sp³-hybridized carbons (Fsp3) is 0.296. The first kappa shape index (κ1) is 23.8. The van der Waals surface area contributed by atoms with Crippen molar-refractivity contribution in [2.24, 2.45) is 0 Å². The highest BCUT2D eigenvalue weighted by Gasteiger charge is 2.14. The summed E-state index contributed by atoms with van der Waals surface area (Å²) < 4.78 is 7.52. The average molecular weight is 477 g/mol. The summed E-state index contributed by atoms with van der Waals surface area (Å²) in [5.41, 5.74) is 5.91. The lowest BCUT2D eigenvalue weighted by Gasteiger charge is -2.12. The van der Waals surface area contributed by atoms with Crippen LogP contribution in [0.4, 0.5) is 5.82 Å². The van der Waals surface area contributed by atoms with E-state index >= 15 is 0 Å². The first-order valence-electron chi connectivity index (χ1n) is 11.4. The smallest absolute Gasteiger partial charge is 0.225 e. The van der Waals surface area contributed by atoms with Gasteiger partial charge in [0.1, 0.15) is 11.6 Å². The minimum Gasteiger partial charge on any atom is -0.494 e. The zero-order chi connectivity index (χ0) is 24.4. The predicted octanol–water partition coefficient (Wildman–Crippen LogP) is 6.41. The first-order chi connectivity index (χ1) is 16.2. The average Bonchev–Trinajstić information content (AvgIpc) is 3.15. The molecule has 0 atom stereocenters. The van der Waals surface area contributed by atoms with E-state index in [1.165, 1.54) is 0 Å². The van der Waals surface area contributed by atoms with E-state index in [1.54, 1.807) is 4.68 Å². The maximum absolute atomic E-state index is 12.7. The van der Waals surface area contributed by atoms with Crippen LogP contribution in [0.15, 0.2) is 42.5 Å². The van der Waals surface area contributed by atoms with Crippen LogP contribution < -0.4 is 10.1 Å². The SMILES string of the molecule is Cc1cc(NC(=O)CCCOc2cc(C)c(Cl)c(C)c2)n(-c2cc(C)c3cccc(C)c3n2)n1.